The Morgan fingerprint density at radius 1 is 1.32 bits per heavy atom. The van der Waals surface area contributed by atoms with Gasteiger partial charge in [0.1, 0.15) is 5.78 Å². The van der Waals surface area contributed by atoms with Crippen molar-refractivity contribution in [2.45, 2.75) is 31.3 Å². The molecule has 3 rings (SSSR count). The summed E-state index contributed by atoms with van der Waals surface area (Å²) in [4.78, 5) is 24.3. The standard InChI is InChI=1S/C14H14BrNO3/c15-8-5-6-11-10(7-8)14(19,13(18)16-11)9-3-1-2-4-12(9)17/h5-7,9,19H,1-4H2,(H,16,18)/t9-,14-/m1/s1. The van der Waals surface area contributed by atoms with Crippen molar-refractivity contribution in [3.05, 3.63) is 28.2 Å². The Morgan fingerprint density at radius 2 is 2.11 bits per heavy atom. The molecule has 1 amide bonds. The molecular weight excluding hydrogens is 310 g/mol. The van der Waals surface area contributed by atoms with Crippen molar-refractivity contribution >= 4 is 33.3 Å². The quantitative estimate of drug-likeness (QED) is 0.833. The third-order valence-corrected chi connectivity index (χ3v) is 4.54. The lowest BCUT2D eigenvalue weighted by atomic mass is 9.73. The van der Waals surface area contributed by atoms with Crippen LogP contribution in [-0.2, 0) is 15.2 Å². The molecule has 4 nitrogen and oxygen atoms in total. The summed E-state index contributed by atoms with van der Waals surface area (Å²) in [6.07, 6.45) is 2.73. The third kappa shape index (κ3) is 1.83. The first kappa shape index (κ1) is 12.8. The number of Topliss-reactive ketones (excluding diaryl/α,β-unsaturated/α-hetero) is 1. The van der Waals surface area contributed by atoms with Gasteiger partial charge in [0.05, 0.1) is 5.92 Å². The van der Waals surface area contributed by atoms with E-state index < -0.39 is 17.4 Å². The van der Waals surface area contributed by atoms with E-state index in [1.807, 2.05) is 0 Å². The summed E-state index contributed by atoms with van der Waals surface area (Å²) >= 11 is 3.34. The zero-order valence-electron chi connectivity index (χ0n) is 10.3. The molecule has 5 heteroatoms. The Labute approximate surface area is 119 Å². The van der Waals surface area contributed by atoms with Crippen molar-refractivity contribution in [2.75, 3.05) is 5.32 Å². The predicted octanol–water partition coefficient (Wildman–Crippen LogP) is 2.35. The number of anilines is 1. The molecule has 2 aliphatic rings. The average molecular weight is 324 g/mol. The van der Waals surface area contributed by atoms with Gasteiger partial charge < -0.3 is 10.4 Å². The molecule has 1 heterocycles. The third-order valence-electron chi connectivity index (χ3n) is 4.05. The lowest BCUT2D eigenvalue weighted by Gasteiger charge is -2.32. The van der Waals surface area contributed by atoms with Crippen LogP contribution in [0.5, 0.6) is 0 Å². The number of carbonyl (C=O) groups is 2. The largest absolute Gasteiger partial charge is 0.375 e. The molecule has 1 aromatic carbocycles. The Bertz CT molecular complexity index is 572. The van der Waals surface area contributed by atoms with E-state index in [0.717, 1.165) is 17.3 Å². The summed E-state index contributed by atoms with van der Waals surface area (Å²) in [5, 5.41) is 13.5. The van der Waals surface area contributed by atoms with Gasteiger partial charge in [0, 0.05) is 22.1 Å². The minimum Gasteiger partial charge on any atom is -0.375 e. The molecule has 0 spiro atoms. The van der Waals surface area contributed by atoms with Gasteiger partial charge in [0.2, 0.25) is 0 Å². The first-order chi connectivity index (χ1) is 9.03. The van der Waals surface area contributed by atoms with Crippen LogP contribution in [0.1, 0.15) is 31.2 Å². The van der Waals surface area contributed by atoms with E-state index in [2.05, 4.69) is 21.2 Å². The maximum absolute atomic E-state index is 12.2. The predicted molar refractivity (Wildman–Crippen MR) is 73.6 cm³/mol. The minimum absolute atomic E-state index is 0.0169. The van der Waals surface area contributed by atoms with Crippen LogP contribution in [0.4, 0.5) is 5.69 Å². The highest BCUT2D eigenvalue weighted by Gasteiger charge is 2.53. The summed E-state index contributed by atoms with van der Waals surface area (Å²) in [7, 11) is 0. The van der Waals surface area contributed by atoms with Gasteiger partial charge in [-0.25, -0.2) is 0 Å². The SMILES string of the molecule is O=C1CCCC[C@H]1[C@]1(O)C(=O)Nc2ccc(Br)cc21. The number of hydrogen-bond acceptors (Lipinski definition) is 3. The second-order valence-corrected chi connectivity index (χ2v) is 6.09. The number of fused-ring (bicyclic) bond motifs is 1. The number of nitrogens with one attached hydrogen (secondary N) is 1. The van der Waals surface area contributed by atoms with Gasteiger partial charge in [-0.05, 0) is 31.0 Å². The molecule has 1 fully saturated rings. The van der Waals surface area contributed by atoms with Crippen molar-refractivity contribution < 1.29 is 14.7 Å². The Kier molecular flexibility index (Phi) is 2.98. The molecule has 0 unspecified atom stereocenters. The normalized spacial score (nSPS) is 30.1. The van der Waals surface area contributed by atoms with Crippen molar-refractivity contribution in [1.29, 1.82) is 0 Å². The van der Waals surface area contributed by atoms with Gasteiger partial charge in [-0.15, -0.1) is 0 Å². The molecule has 0 aromatic heterocycles. The Hall–Kier alpha value is -1.20. The van der Waals surface area contributed by atoms with Gasteiger partial charge in [-0.2, -0.15) is 0 Å². The second-order valence-electron chi connectivity index (χ2n) is 5.18. The smallest absolute Gasteiger partial charge is 0.261 e. The second kappa shape index (κ2) is 4.42. The molecule has 1 aliphatic heterocycles. The summed E-state index contributed by atoms with van der Waals surface area (Å²) in [5.74, 6) is -1.13. The summed E-state index contributed by atoms with van der Waals surface area (Å²) in [6, 6.07) is 5.26. The van der Waals surface area contributed by atoms with E-state index in [1.54, 1.807) is 18.2 Å². The number of carbonyl (C=O) groups excluding carboxylic acids is 2. The van der Waals surface area contributed by atoms with Crippen LogP contribution < -0.4 is 5.32 Å². The van der Waals surface area contributed by atoms with Crippen molar-refractivity contribution in [3.63, 3.8) is 0 Å². The lowest BCUT2D eigenvalue weighted by Crippen LogP contribution is -2.46. The van der Waals surface area contributed by atoms with Gasteiger partial charge in [-0.1, -0.05) is 22.4 Å². The van der Waals surface area contributed by atoms with Gasteiger partial charge in [0.25, 0.3) is 5.91 Å². The van der Waals surface area contributed by atoms with E-state index in [0.29, 0.717) is 24.1 Å². The molecule has 1 aliphatic carbocycles. The molecule has 100 valence electrons. The maximum Gasteiger partial charge on any atom is 0.261 e. The van der Waals surface area contributed by atoms with E-state index >= 15 is 0 Å². The van der Waals surface area contributed by atoms with E-state index in [9.17, 15) is 14.7 Å². The van der Waals surface area contributed by atoms with Crippen molar-refractivity contribution in [3.8, 4) is 0 Å². The molecule has 2 N–H and O–H groups in total. The van der Waals surface area contributed by atoms with Crippen LogP contribution in [0.3, 0.4) is 0 Å². The monoisotopic (exact) mass is 323 g/mol. The number of ketones is 1. The first-order valence-corrected chi connectivity index (χ1v) is 7.19. The average Bonchev–Trinajstić information content (AvgIpc) is 2.64. The van der Waals surface area contributed by atoms with E-state index in [4.69, 9.17) is 0 Å². The van der Waals surface area contributed by atoms with Gasteiger partial charge >= 0.3 is 0 Å². The van der Waals surface area contributed by atoms with E-state index in [1.165, 1.54) is 0 Å². The topological polar surface area (TPSA) is 66.4 Å². The summed E-state index contributed by atoms with van der Waals surface area (Å²) in [6.45, 7) is 0. The number of aliphatic hydroxyl groups is 1. The van der Waals surface area contributed by atoms with Crippen molar-refractivity contribution in [2.24, 2.45) is 5.92 Å². The summed E-state index contributed by atoms with van der Waals surface area (Å²) in [5.41, 5.74) is -0.613. The number of rotatable bonds is 1. The highest BCUT2D eigenvalue weighted by molar-refractivity contribution is 9.10. The fraction of sp³-hybridized carbons (Fsp3) is 0.429. The number of halogens is 1. The molecule has 1 aromatic rings. The van der Waals surface area contributed by atoms with Gasteiger partial charge in [-0.3, -0.25) is 9.59 Å². The Morgan fingerprint density at radius 3 is 2.84 bits per heavy atom. The van der Waals surface area contributed by atoms with E-state index in [-0.39, 0.29) is 5.78 Å². The fourth-order valence-corrected chi connectivity index (χ4v) is 3.41. The minimum atomic E-state index is -1.71. The Balaban J connectivity index is 2.10. The number of hydrogen-bond donors (Lipinski definition) is 2. The molecule has 0 saturated heterocycles. The highest BCUT2D eigenvalue weighted by Crippen LogP contribution is 2.45. The highest BCUT2D eigenvalue weighted by atomic mass is 79.9. The molecule has 2 atom stereocenters. The first-order valence-electron chi connectivity index (χ1n) is 6.40. The van der Waals surface area contributed by atoms with Crippen LogP contribution in [0.25, 0.3) is 0 Å². The van der Waals surface area contributed by atoms with Crippen molar-refractivity contribution in [1.82, 2.24) is 0 Å². The van der Waals surface area contributed by atoms with Crippen LogP contribution in [0.2, 0.25) is 0 Å². The maximum atomic E-state index is 12.2. The molecule has 19 heavy (non-hydrogen) atoms. The molecule has 0 bridgehead atoms. The zero-order chi connectivity index (χ0) is 13.6. The molecule has 1 saturated carbocycles. The lowest BCUT2D eigenvalue weighted by molar-refractivity contribution is -0.150. The van der Waals surface area contributed by atoms with Crippen LogP contribution in [0.15, 0.2) is 22.7 Å². The van der Waals surface area contributed by atoms with Gasteiger partial charge in [0.15, 0.2) is 5.60 Å². The number of benzene rings is 1. The van der Waals surface area contributed by atoms with Crippen LogP contribution in [0, 0.1) is 5.92 Å². The fourth-order valence-electron chi connectivity index (χ4n) is 3.05. The van der Waals surface area contributed by atoms with Crippen LogP contribution in [-0.4, -0.2) is 16.8 Å². The molecule has 0 radical (unpaired) electrons. The number of amides is 1. The zero-order valence-corrected chi connectivity index (χ0v) is 11.9. The summed E-state index contributed by atoms with van der Waals surface area (Å²) < 4.78 is 0.782. The van der Waals surface area contributed by atoms with Crippen LogP contribution >= 0.6 is 15.9 Å². The molecular formula is C14H14BrNO3.